The van der Waals surface area contributed by atoms with Gasteiger partial charge in [0.1, 0.15) is 24.2 Å². The van der Waals surface area contributed by atoms with Crippen molar-refractivity contribution in [1.29, 1.82) is 0 Å². The Morgan fingerprint density at radius 3 is 2.34 bits per heavy atom. The van der Waals surface area contributed by atoms with E-state index in [0.29, 0.717) is 6.54 Å². The summed E-state index contributed by atoms with van der Waals surface area (Å²) in [6.45, 7) is 2.53. The molecule has 0 bridgehead atoms. The van der Waals surface area contributed by atoms with Crippen molar-refractivity contribution in [2.24, 2.45) is 0 Å². The van der Waals surface area contributed by atoms with E-state index < -0.39 is 46.1 Å². The largest absolute Gasteiger partial charge is 0.355 e. The van der Waals surface area contributed by atoms with E-state index in [0.717, 1.165) is 27.6 Å². The van der Waals surface area contributed by atoms with Gasteiger partial charge in [0.15, 0.2) is 0 Å². The van der Waals surface area contributed by atoms with Crippen molar-refractivity contribution < 1.29 is 26.8 Å². The van der Waals surface area contributed by atoms with E-state index in [-0.39, 0.29) is 22.8 Å². The first-order valence-corrected chi connectivity index (χ1v) is 11.9. The lowest BCUT2D eigenvalue weighted by Crippen LogP contribution is -2.51. The van der Waals surface area contributed by atoms with Crippen molar-refractivity contribution in [3.05, 3.63) is 64.7 Å². The quantitative estimate of drug-likeness (QED) is 0.589. The van der Waals surface area contributed by atoms with Gasteiger partial charge < -0.3 is 10.2 Å². The second kappa shape index (κ2) is 10.7. The van der Waals surface area contributed by atoms with Crippen LogP contribution in [0.3, 0.4) is 0 Å². The lowest BCUT2D eigenvalue weighted by molar-refractivity contribution is -0.139. The topological polar surface area (TPSA) is 86.8 Å². The first-order valence-electron chi connectivity index (χ1n) is 9.69. The van der Waals surface area contributed by atoms with Crippen molar-refractivity contribution in [1.82, 2.24) is 10.2 Å². The number of likely N-dealkylation sites (N-methyl/N-ethyl adjacent to an activating group) is 1. The maximum absolute atomic E-state index is 14.2. The second-order valence-corrected chi connectivity index (χ2v) is 9.37. The zero-order valence-corrected chi connectivity index (χ0v) is 19.4. The van der Waals surface area contributed by atoms with Gasteiger partial charge in [-0.2, -0.15) is 0 Å². The molecule has 0 radical (unpaired) electrons. The fourth-order valence-electron chi connectivity index (χ4n) is 2.97. The van der Waals surface area contributed by atoms with Gasteiger partial charge in [-0.25, -0.2) is 17.2 Å². The molecule has 0 spiro atoms. The Balaban J connectivity index is 2.42. The minimum absolute atomic E-state index is 0.0243. The monoisotopic (exact) mass is 487 g/mol. The molecule has 0 aromatic heterocycles. The van der Waals surface area contributed by atoms with Gasteiger partial charge in [0.25, 0.3) is 0 Å². The molecule has 0 saturated carbocycles. The highest BCUT2D eigenvalue weighted by Crippen LogP contribution is 2.25. The van der Waals surface area contributed by atoms with Crippen LogP contribution in [0, 0.1) is 11.6 Å². The zero-order valence-electron chi connectivity index (χ0n) is 17.8. The summed E-state index contributed by atoms with van der Waals surface area (Å²) >= 11 is 5.77. The molecule has 0 aliphatic heterocycles. The average Bonchev–Trinajstić information content (AvgIpc) is 2.72. The zero-order chi connectivity index (χ0) is 24.1. The van der Waals surface area contributed by atoms with E-state index in [9.17, 15) is 26.8 Å². The summed E-state index contributed by atoms with van der Waals surface area (Å²) in [7, 11) is -3.98. The molecule has 0 saturated heterocycles. The molecule has 11 heteroatoms. The second-order valence-electron chi connectivity index (χ2n) is 7.05. The summed E-state index contributed by atoms with van der Waals surface area (Å²) in [5, 5.41) is 2.28. The lowest BCUT2D eigenvalue weighted by atomic mass is 10.1. The van der Waals surface area contributed by atoms with Gasteiger partial charge in [0.2, 0.25) is 21.8 Å². The molecule has 2 aromatic carbocycles. The average molecular weight is 488 g/mol. The van der Waals surface area contributed by atoms with Gasteiger partial charge in [-0.15, -0.1) is 0 Å². The minimum atomic E-state index is -3.98. The number of sulfonamides is 1. The molecule has 7 nitrogen and oxygen atoms in total. The van der Waals surface area contributed by atoms with E-state index in [4.69, 9.17) is 11.6 Å². The van der Waals surface area contributed by atoms with Crippen LogP contribution in [0.25, 0.3) is 0 Å². The summed E-state index contributed by atoms with van der Waals surface area (Å²) in [5.74, 6) is -2.55. The Bertz CT molecular complexity index is 1100. The lowest BCUT2D eigenvalue weighted by Gasteiger charge is -2.31. The van der Waals surface area contributed by atoms with Crippen molar-refractivity contribution in [3.63, 3.8) is 0 Å². The fourth-order valence-corrected chi connectivity index (χ4v) is 3.98. The number of hydrogen-bond acceptors (Lipinski definition) is 4. The third-order valence-electron chi connectivity index (χ3n) is 4.69. The normalized spacial score (nSPS) is 12.2. The summed E-state index contributed by atoms with van der Waals surface area (Å²) in [5.41, 5.74) is 0.136. The first-order chi connectivity index (χ1) is 15.0. The predicted molar refractivity (Wildman–Crippen MR) is 119 cm³/mol. The number of nitrogens with one attached hydrogen (secondary N) is 1. The molecule has 0 fully saturated rings. The molecule has 1 atom stereocenters. The molecule has 0 aliphatic rings. The van der Waals surface area contributed by atoms with Crippen LogP contribution >= 0.6 is 11.6 Å². The van der Waals surface area contributed by atoms with Crippen LogP contribution in [-0.2, 0) is 26.2 Å². The summed E-state index contributed by atoms with van der Waals surface area (Å²) in [6.07, 6.45) is 0.881. The molecule has 0 heterocycles. The number of carbonyl (C=O) groups excluding carboxylic acids is 2. The van der Waals surface area contributed by atoms with Crippen LogP contribution in [0.1, 0.15) is 19.4 Å². The summed E-state index contributed by atoms with van der Waals surface area (Å²) in [4.78, 5) is 26.7. The smallest absolute Gasteiger partial charge is 0.244 e. The van der Waals surface area contributed by atoms with E-state index in [1.165, 1.54) is 31.2 Å². The highest BCUT2D eigenvalue weighted by molar-refractivity contribution is 7.92. The van der Waals surface area contributed by atoms with Gasteiger partial charge in [-0.05, 0) is 38.1 Å². The molecule has 32 heavy (non-hydrogen) atoms. The highest BCUT2D eigenvalue weighted by Gasteiger charge is 2.30. The number of benzene rings is 2. The van der Waals surface area contributed by atoms with Crippen molar-refractivity contribution in [2.75, 3.05) is 23.7 Å². The third-order valence-corrected chi connectivity index (χ3v) is 6.12. The maximum Gasteiger partial charge on any atom is 0.244 e. The molecular weight excluding hydrogens is 464 g/mol. The van der Waals surface area contributed by atoms with E-state index >= 15 is 0 Å². The number of nitrogens with zero attached hydrogens (tertiary/aromatic N) is 2. The number of hydrogen-bond donors (Lipinski definition) is 1. The van der Waals surface area contributed by atoms with Crippen LogP contribution in [-0.4, -0.2) is 50.5 Å². The predicted octanol–water partition coefficient (Wildman–Crippen LogP) is 2.94. The van der Waals surface area contributed by atoms with Gasteiger partial charge in [-0.1, -0.05) is 29.8 Å². The van der Waals surface area contributed by atoms with E-state index in [2.05, 4.69) is 5.32 Å². The van der Waals surface area contributed by atoms with Gasteiger partial charge in [0.05, 0.1) is 17.0 Å². The van der Waals surface area contributed by atoms with E-state index in [1.54, 1.807) is 13.0 Å². The van der Waals surface area contributed by atoms with Crippen LogP contribution in [0.15, 0.2) is 42.5 Å². The van der Waals surface area contributed by atoms with Crippen LogP contribution in [0.4, 0.5) is 14.5 Å². The Morgan fingerprint density at radius 1 is 1.12 bits per heavy atom. The minimum Gasteiger partial charge on any atom is -0.355 e. The number of anilines is 1. The Morgan fingerprint density at radius 2 is 1.78 bits per heavy atom. The van der Waals surface area contributed by atoms with Gasteiger partial charge in [0, 0.05) is 18.7 Å². The number of halogens is 3. The van der Waals surface area contributed by atoms with Crippen LogP contribution < -0.4 is 9.62 Å². The van der Waals surface area contributed by atoms with Crippen LogP contribution in [0.2, 0.25) is 5.02 Å². The molecule has 1 N–H and O–H groups in total. The molecule has 1 unspecified atom stereocenters. The molecule has 2 aromatic rings. The van der Waals surface area contributed by atoms with Crippen molar-refractivity contribution in [2.45, 2.75) is 26.4 Å². The van der Waals surface area contributed by atoms with Gasteiger partial charge in [-0.3, -0.25) is 13.9 Å². The fraction of sp³-hybridized carbons (Fsp3) is 0.333. The number of carbonyl (C=O) groups is 2. The molecular formula is C21H24ClF2N3O4S. The summed E-state index contributed by atoms with van der Waals surface area (Å²) in [6, 6.07) is 7.98. The van der Waals surface area contributed by atoms with Crippen molar-refractivity contribution in [3.8, 4) is 0 Å². The standard InChI is InChI=1S/C21H24ClF2N3O4S/c1-4-25-21(29)14(2)26(12-15-7-5-6-8-18(15)23)20(28)13-27(32(3,30)31)16-9-10-19(24)17(22)11-16/h5-11,14H,4,12-13H2,1-3H3,(H,25,29). The molecule has 2 amide bonds. The SMILES string of the molecule is CCNC(=O)C(C)N(Cc1ccccc1F)C(=O)CN(c1ccc(F)c(Cl)c1)S(C)(=O)=O. The molecule has 2 rings (SSSR count). The van der Waals surface area contributed by atoms with E-state index in [1.807, 2.05) is 0 Å². The maximum atomic E-state index is 14.2. The van der Waals surface area contributed by atoms with Crippen molar-refractivity contribution >= 4 is 39.1 Å². The Kier molecular flexibility index (Phi) is 8.57. The molecule has 0 aliphatic carbocycles. The third kappa shape index (κ3) is 6.39. The highest BCUT2D eigenvalue weighted by atomic mass is 35.5. The number of amides is 2. The molecule has 174 valence electrons. The number of rotatable bonds is 9. The first kappa shape index (κ1) is 25.5. The van der Waals surface area contributed by atoms with Crippen LogP contribution in [0.5, 0.6) is 0 Å². The summed E-state index contributed by atoms with van der Waals surface area (Å²) < 4.78 is 53.3. The van der Waals surface area contributed by atoms with Gasteiger partial charge >= 0.3 is 0 Å². The Hall–Kier alpha value is -2.72. The Labute approximate surface area is 191 Å².